The zero-order chi connectivity index (χ0) is 11.5. The molecule has 0 atom stereocenters. The fourth-order valence-electron chi connectivity index (χ4n) is 1.80. The number of fused-ring (bicyclic) bond motifs is 1. The highest BCUT2D eigenvalue weighted by atomic mass is 16.2. The van der Waals surface area contributed by atoms with Crippen LogP contribution in [0, 0.1) is 0 Å². The zero-order valence-electron chi connectivity index (χ0n) is 8.75. The van der Waals surface area contributed by atoms with Gasteiger partial charge in [-0.25, -0.2) is 4.79 Å². The minimum Gasteiger partial charge on any atom is -0.385 e. The van der Waals surface area contributed by atoms with E-state index >= 15 is 0 Å². The zero-order valence-corrected chi connectivity index (χ0v) is 8.75. The fraction of sp³-hybridized carbons (Fsp3) is 0.273. The van der Waals surface area contributed by atoms with Crippen LogP contribution in [0.5, 0.6) is 0 Å². The molecule has 0 radical (unpaired) electrons. The van der Waals surface area contributed by atoms with Gasteiger partial charge in [-0.15, -0.1) is 0 Å². The van der Waals surface area contributed by atoms with Gasteiger partial charge in [0.15, 0.2) is 0 Å². The van der Waals surface area contributed by atoms with Crippen LogP contribution in [0.1, 0.15) is 22.3 Å². The molecule has 0 fully saturated rings. The Morgan fingerprint density at radius 2 is 2.19 bits per heavy atom. The third kappa shape index (κ3) is 2.13. The maximum atomic E-state index is 11.5. The van der Waals surface area contributed by atoms with Crippen LogP contribution in [0.3, 0.4) is 0 Å². The van der Waals surface area contributed by atoms with Crippen molar-refractivity contribution >= 4 is 17.6 Å². The topological polar surface area (TPSA) is 84.2 Å². The van der Waals surface area contributed by atoms with E-state index in [1.807, 2.05) is 11.4 Å². The summed E-state index contributed by atoms with van der Waals surface area (Å²) < 4.78 is 0. The number of nitrogens with one attached hydrogen (secondary N) is 2. The van der Waals surface area contributed by atoms with Gasteiger partial charge in [-0.05, 0) is 36.6 Å². The maximum Gasteiger partial charge on any atom is 0.319 e. The van der Waals surface area contributed by atoms with Crippen molar-refractivity contribution in [2.24, 2.45) is 5.73 Å². The fourth-order valence-corrected chi connectivity index (χ4v) is 1.80. The smallest absolute Gasteiger partial charge is 0.319 e. The van der Waals surface area contributed by atoms with E-state index in [-0.39, 0.29) is 0 Å². The number of carbonyl (C=O) groups excluding carboxylic acids is 2. The summed E-state index contributed by atoms with van der Waals surface area (Å²) in [4.78, 5) is 22.1. The van der Waals surface area contributed by atoms with Crippen LogP contribution < -0.4 is 16.4 Å². The van der Waals surface area contributed by atoms with E-state index in [1.54, 1.807) is 12.1 Å². The van der Waals surface area contributed by atoms with Crippen molar-refractivity contribution in [2.75, 3.05) is 11.9 Å². The van der Waals surface area contributed by atoms with Gasteiger partial charge >= 0.3 is 6.03 Å². The van der Waals surface area contributed by atoms with Gasteiger partial charge in [0.1, 0.15) is 0 Å². The van der Waals surface area contributed by atoms with E-state index < -0.39 is 11.9 Å². The molecule has 4 N–H and O–H groups in total. The number of hydrogen-bond acceptors (Lipinski definition) is 3. The second-order valence-corrected chi connectivity index (χ2v) is 3.72. The molecule has 3 amide bonds. The lowest BCUT2D eigenvalue weighted by Crippen LogP contribution is -2.35. The number of carbonyl (C=O) groups is 2. The van der Waals surface area contributed by atoms with Gasteiger partial charge in [-0.2, -0.15) is 0 Å². The third-order valence-electron chi connectivity index (χ3n) is 2.54. The lowest BCUT2D eigenvalue weighted by molar-refractivity contribution is 0.0966. The summed E-state index contributed by atoms with van der Waals surface area (Å²) in [6.45, 7) is 0.958. The highest BCUT2D eigenvalue weighted by Crippen LogP contribution is 2.22. The Morgan fingerprint density at radius 1 is 1.38 bits per heavy atom. The van der Waals surface area contributed by atoms with Gasteiger partial charge in [0.2, 0.25) is 0 Å². The van der Waals surface area contributed by atoms with E-state index in [0.717, 1.165) is 30.6 Å². The van der Waals surface area contributed by atoms with Crippen molar-refractivity contribution in [2.45, 2.75) is 12.8 Å². The summed E-state index contributed by atoms with van der Waals surface area (Å²) >= 11 is 0. The standard InChI is InChI=1S/C11H13N3O2/c12-11(16)14-10(15)8-3-4-9-7(6-8)2-1-5-13-9/h3-4,6,13H,1-2,5H2,(H3,12,14,15,16). The van der Waals surface area contributed by atoms with Crippen molar-refractivity contribution in [1.82, 2.24) is 5.32 Å². The molecule has 0 bridgehead atoms. The second-order valence-electron chi connectivity index (χ2n) is 3.72. The molecule has 84 valence electrons. The van der Waals surface area contributed by atoms with Crippen LogP contribution in [0.25, 0.3) is 0 Å². The van der Waals surface area contributed by atoms with Crippen LogP contribution in [-0.2, 0) is 6.42 Å². The van der Waals surface area contributed by atoms with Crippen LogP contribution >= 0.6 is 0 Å². The molecule has 1 aromatic rings. The minimum atomic E-state index is -0.833. The first-order chi connectivity index (χ1) is 7.66. The van der Waals surface area contributed by atoms with E-state index in [9.17, 15) is 9.59 Å². The van der Waals surface area contributed by atoms with E-state index in [4.69, 9.17) is 5.73 Å². The number of primary amides is 1. The lowest BCUT2D eigenvalue weighted by atomic mass is 10.0. The van der Waals surface area contributed by atoms with E-state index in [2.05, 4.69) is 5.32 Å². The van der Waals surface area contributed by atoms with Crippen molar-refractivity contribution in [3.05, 3.63) is 29.3 Å². The molecular formula is C11H13N3O2. The number of amides is 3. The van der Waals surface area contributed by atoms with Crippen LogP contribution in [-0.4, -0.2) is 18.5 Å². The highest BCUT2D eigenvalue weighted by molar-refractivity contribution is 6.04. The molecule has 1 heterocycles. The van der Waals surface area contributed by atoms with Gasteiger partial charge in [0, 0.05) is 17.8 Å². The number of imide groups is 1. The second kappa shape index (κ2) is 4.22. The first kappa shape index (κ1) is 10.5. The molecular weight excluding hydrogens is 206 g/mol. The molecule has 0 aliphatic carbocycles. The third-order valence-corrected chi connectivity index (χ3v) is 2.54. The number of aryl methyl sites for hydroxylation is 1. The summed E-state index contributed by atoms with van der Waals surface area (Å²) in [6, 6.07) is 4.49. The molecule has 16 heavy (non-hydrogen) atoms. The number of benzene rings is 1. The van der Waals surface area contributed by atoms with Gasteiger partial charge in [0.25, 0.3) is 5.91 Å². The molecule has 1 aliphatic heterocycles. The first-order valence-electron chi connectivity index (χ1n) is 5.14. The van der Waals surface area contributed by atoms with Crippen molar-refractivity contribution in [3.63, 3.8) is 0 Å². The molecule has 0 unspecified atom stereocenters. The van der Waals surface area contributed by atoms with Gasteiger partial charge in [-0.1, -0.05) is 0 Å². The van der Waals surface area contributed by atoms with Crippen LogP contribution in [0.4, 0.5) is 10.5 Å². The van der Waals surface area contributed by atoms with Gasteiger partial charge in [-0.3, -0.25) is 10.1 Å². The van der Waals surface area contributed by atoms with Crippen molar-refractivity contribution in [3.8, 4) is 0 Å². The van der Waals surface area contributed by atoms with Gasteiger partial charge in [0.05, 0.1) is 0 Å². The average molecular weight is 219 g/mol. The highest BCUT2D eigenvalue weighted by Gasteiger charge is 2.13. The summed E-state index contributed by atoms with van der Waals surface area (Å²) in [7, 11) is 0. The maximum absolute atomic E-state index is 11.5. The van der Waals surface area contributed by atoms with Crippen LogP contribution in [0.15, 0.2) is 18.2 Å². The summed E-state index contributed by atoms with van der Waals surface area (Å²) in [6.07, 6.45) is 1.99. The van der Waals surface area contributed by atoms with Gasteiger partial charge < -0.3 is 11.1 Å². The number of nitrogens with two attached hydrogens (primary N) is 1. The molecule has 1 aromatic carbocycles. The Labute approximate surface area is 93.0 Å². The Hall–Kier alpha value is -2.04. The average Bonchev–Trinajstić information content (AvgIpc) is 2.27. The molecule has 0 aromatic heterocycles. The Morgan fingerprint density at radius 3 is 2.94 bits per heavy atom. The quantitative estimate of drug-likeness (QED) is 0.654. The minimum absolute atomic E-state index is 0.458. The molecule has 2 rings (SSSR count). The Balaban J connectivity index is 2.23. The number of anilines is 1. The Kier molecular flexibility index (Phi) is 2.76. The molecule has 0 saturated carbocycles. The first-order valence-corrected chi connectivity index (χ1v) is 5.14. The molecule has 0 spiro atoms. The molecule has 1 aliphatic rings. The lowest BCUT2D eigenvalue weighted by Gasteiger charge is -2.18. The number of urea groups is 1. The SMILES string of the molecule is NC(=O)NC(=O)c1ccc2c(c1)CCCN2. The number of rotatable bonds is 1. The van der Waals surface area contributed by atoms with Crippen molar-refractivity contribution < 1.29 is 9.59 Å². The van der Waals surface area contributed by atoms with E-state index in [1.165, 1.54) is 0 Å². The number of hydrogen-bond donors (Lipinski definition) is 3. The monoisotopic (exact) mass is 219 g/mol. The summed E-state index contributed by atoms with van der Waals surface area (Å²) in [5.74, 6) is -0.458. The van der Waals surface area contributed by atoms with Crippen molar-refractivity contribution in [1.29, 1.82) is 0 Å². The molecule has 0 saturated heterocycles. The Bertz CT molecular complexity index is 443. The molecule has 5 heteroatoms. The molecule has 5 nitrogen and oxygen atoms in total. The largest absolute Gasteiger partial charge is 0.385 e. The predicted molar refractivity (Wildman–Crippen MR) is 60.3 cm³/mol. The summed E-state index contributed by atoms with van der Waals surface area (Å²) in [5.41, 5.74) is 7.50. The van der Waals surface area contributed by atoms with Crippen LogP contribution in [0.2, 0.25) is 0 Å². The van der Waals surface area contributed by atoms with E-state index in [0.29, 0.717) is 5.56 Å². The normalized spacial score (nSPS) is 13.5. The predicted octanol–water partition coefficient (Wildman–Crippen LogP) is 0.853. The summed E-state index contributed by atoms with van der Waals surface area (Å²) in [5, 5.41) is 5.29.